The number of rotatable bonds is 12. The molecule has 1 heterocycles. The van der Waals surface area contributed by atoms with Crippen molar-refractivity contribution in [2.45, 2.75) is 52.5 Å². The topological polar surface area (TPSA) is 135 Å². The lowest BCUT2D eigenvalue weighted by Gasteiger charge is -2.20. The highest BCUT2D eigenvalue weighted by molar-refractivity contribution is 5.88. The first-order chi connectivity index (χ1) is 15.2. The van der Waals surface area contributed by atoms with Crippen LogP contribution in [0.3, 0.4) is 0 Å². The zero-order valence-corrected chi connectivity index (χ0v) is 18.6. The number of aryl methyl sites for hydroxylation is 1. The van der Waals surface area contributed by atoms with E-state index in [0.29, 0.717) is 17.8 Å². The van der Waals surface area contributed by atoms with E-state index in [1.807, 2.05) is 6.92 Å². The fourth-order valence-corrected chi connectivity index (χ4v) is 3.16. The van der Waals surface area contributed by atoms with Crippen LogP contribution in [0.25, 0.3) is 11.0 Å². The molecule has 2 atom stereocenters. The number of benzene rings is 1. The lowest BCUT2D eigenvalue weighted by molar-refractivity contribution is -0.143. The second-order valence-corrected chi connectivity index (χ2v) is 7.69. The Morgan fingerprint density at radius 2 is 1.91 bits per heavy atom. The molecular weight excluding hydrogens is 416 g/mol. The van der Waals surface area contributed by atoms with Crippen LogP contribution in [-0.2, 0) is 20.8 Å². The molecule has 2 rings (SSSR count). The number of nitrogens with one attached hydrogen (secondary N) is 2. The minimum absolute atomic E-state index is 0.245. The van der Waals surface area contributed by atoms with Crippen molar-refractivity contribution < 1.29 is 28.6 Å². The predicted molar refractivity (Wildman–Crippen MR) is 119 cm³/mol. The number of aliphatic carboxylic acids is 1. The molecule has 0 radical (unpaired) electrons. The Morgan fingerprint density at radius 1 is 1.16 bits per heavy atom. The molecule has 0 aliphatic carbocycles. The van der Waals surface area contributed by atoms with Crippen LogP contribution < -0.4 is 21.0 Å². The molecule has 3 N–H and O–H groups in total. The van der Waals surface area contributed by atoms with Crippen molar-refractivity contribution in [1.29, 1.82) is 0 Å². The molecular formula is C23H30N2O7. The Morgan fingerprint density at radius 3 is 2.56 bits per heavy atom. The normalized spacial score (nSPS) is 12.7. The number of fused-ring (bicyclic) bond motifs is 1. The third-order valence-corrected chi connectivity index (χ3v) is 5.21. The molecule has 0 saturated carbocycles. The Labute approximate surface area is 186 Å². The minimum Gasteiger partial charge on any atom is -0.484 e. The van der Waals surface area contributed by atoms with Gasteiger partial charge in [-0.15, -0.1) is 0 Å². The number of unbranched alkanes of at least 4 members (excludes halogenated alkanes) is 1. The predicted octanol–water partition coefficient (Wildman–Crippen LogP) is 2.25. The van der Waals surface area contributed by atoms with Gasteiger partial charge in [0.25, 0.3) is 5.91 Å². The largest absolute Gasteiger partial charge is 0.484 e. The van der Waals surface area contributed by atoms with Crippen LogP contribution in [0.2, 0.25) is 0 Å². The molecule has 9 heteroatoms. The van der Waals surface area contributed by atoms with Gasteiger partial charge in [0.15, 0.2) is 6.61 Å². The van der Waals surface area contributed by atoms with Gasteiger partial charge in [0, 0.05) is 17.5 Å². The molecule has 0 aliphatic heterocycles. The van der Waals surface area contributed by atoms with Crippen LogP contribution in [-0.4, -0.2) is 42.1 Å². The van der Waals surface area contributed by atoms with Crippen LogP contribution in [0.1, 0.15) is 45.6 Å². The van der Waals surface area contributed by atoms with Crippen molar-refractivity contribution in [3.8, 4) is 5.75 Å². The van der Waals surface area contributed by atoms with Crippen LogP contribution in [0.4, 0.5) is 0 Å². The first kappa shape index (κ1) is 24.9. The average molecular weight is 447 g/mol. The maximum absolute atomic E-state index is 12.0. The standard InChI is InChI=1S/C23H30N2O7/c1-4-6-7-15-10-21(28)32-18-11-16(8-9-17(15)18)31-13-20(27)24-12-19(26)25-22(23(29)30)14(3)5-2/h8-11,14,22H,4-7,12-13H2,1-3H3,(H,24,27)(H,25,26)(H,29,30)/t14-,22-/m1/s1. The maximum Gasteiger partial charge on any atom is 0.336 e. The molecule has 0 fully saturated rings. The monoisotopic (exact) mass is 446 g/mol. The summed E-state index contributed by atoms with van der Waals surface area (Å²) in [5.41, 5.74) is 0.845. The van der Waals surface area contributed by atoms with Gasteiger partial charge in [-0.05, 0) is 36.5 Å². The number of carbonyl (C=O) groups is 3. The number of amides is 2. The summed E-state index contributed by atoms with van der Waals surface area (Å²) in [6.07, 6.45) is 3.31. The van der Waals surface area contributed by atoms with Gasteiger partial charge in [-0.1, -0.05) is 33.6 Å². The average Bonchev–Trinajstić information content (AvgIpc) is 2.77. The maximum atomic E-state index is 12.0. The Kier molecular flexibility index (Phi) is 9.24. The third-order valence-electron chi connectivity index (χ3n) is 5.21. The van der Waals surface area contributed by atoms with Crippen molar-refractivity contribution in [3.05, 3.63) is 40.2 Å². The summed E-state index contributed by atoms with van der Waals surface area (Å²) in [6.45, 7) is 4.91. The highest BCUT2D eigenvalue weighted by atomic mass is 16.5. The minimum atomic E-state index is -1.12. The fraction of sp³-hybridized carbons (Fsp3) is 0.478. The second kappa shape index (κ2) is 11.9. The highest BCUT2D eigenvalue weighted by Crippen LogP contribution is 2.23. The van der Waals surface area contributed by atoms with Crippen molar-refractivity contribution >= 4 is 28.8 Å². The summed E-state index contributed by atoms with van der Waals surface area (Å²) in [4.78, 5) is 47.1. The van der Waals surface area contributed by atoms with E-state index in [2.05, 4.69) is 17.6 Å². The first-order valence-corrected chi connectivity index (χ1v) is 10.7. The van der Waals surface area contributed by atoms with E-state index in [-0.39, 0.29) is 19.1 Å². The lowest BCUT2D eigenvalue weighted by atomic mass is 9.99. The van der Waals surface area contributed by atoms with Crippen molar-refractivity contribution in [2.24, 2.45) is 5.92 Å². The van der Waals surface area contributed by atoms with E-state index in [4.69, 9.17) is 9.15 Å². The summed E-state index contributed by atoms with van der Waals surface area (Å²) < 4.78 is 10.7. The van der Waals surface area contributed by atoms with Gasteiger partial charge in [-0.25, -0.2) is 9.59 Å². The summed E-state index contributed by atoms with van der Waals surface area (Å²) in [5, 5.41) is 14.8. The van der Waals surface area contributed by atoms with Crippen molar-refractivity contribution in [3.63, 3.8) is 0 Å². The van der Waals surface area contributed by atoms with E-state index in [1.54, 1.807) is 25.1 Å². The smallest absolute Gasteiger partial charge is 0.336 e. The number of hydrogen-bond acceptors (Lipinski definition) is 6. The van der Waals surface area contributed by atoms with Gasteiger partial charge < -0.3 is 24.9 Å². The van der Waals surface area contributed by atoms with Gasteiger partial charge in [0.2, 0.25) is 5.91 Å². The highest BCUT2D eigenvalue weighted by Gasteiger charge is 2.25. The zero-order chi connectivity index (χ0) is 23.7. The van der Waals surface area contributed by atoms with Crippen molar-refractivity contribution in [2.75, 3.05) is 13.2 Å². The number of carbonyl (C=O) groups excluding carboxylic acids is 2. The molecule has 9 nitrogen and oxygen atoms in total. The number of hydrogen-bond donors (Lipinski definition) is 3. The van der Waals surface area contributed by atoms with Gasteiger partial charge in [-0.3, -0.25) is 9.59 Å². The molecule has 2 amide bonds. The fourth-order valence-electron chi connectivity index (χ4n) is 3.16. The van der Waals surface area contributed by atoms with Gasteiger partial charge in [0.1, 0.15) is 17.4 Å². The quantitative estimate of drug-likeness (QED) is 0.426. The molecule has 1 aromatic carbocycles. The molecule has 1 aromatic heterocycles. The Balaban J connectivity index is 1.91. The lowest BCUT2D eigenvalue weighted by Crippen LogP contribution is -2.48. The SMILES string of the molecule is CCCCc1cc(=O)oc2cc(OCC(=O)NCC(=O)N[C@@H](C(=O)O)[C@H](C)CC)ccc12. The van der Waals surface area contributed by atoms with E-state index < -0.39 is 29.5 Å². The van der Waals surface area contributed by atoms with Crippen LogP contribution in [0.5, 0.6) is 5.75 Å². The van der Waals surface area contributed by atoms with Crippen LogP contribution >= 0.6 is 0 Å². The molecule has 0 aliphatic rings. The summed E-state index contributed by atoms with van der Waals surface area (Å²) in [5.74, 6) is -2.17. The summed E-state index contributed by atoms with van der Waals surface area (Å²) >= 11 is 0. The zero-order valence-electron chi connectivity index (χ0n) is 18.6. The van der Waals surface area contributed by atoms with Crippen molar-refractivity contribution in [1.82, 2.24) is 10.6 Å². The molecule has 32 heavy (non-hydrogen) atoms. The van der Waals surface area contributed by atoms with E-state index in [1.165, 1.54) is 6.07 Å². The van der Waals surface area contributed by atoms with Crippen LogP contribution in [0.15, 0.2) is 33.5 Å². The van der Waals surface area contributed by atoms with Gasteiger partial charge in [0.05, 0.1) is 6.54 Å². The molecule has 0 unspecified atom stereocenters. The second-order valence-electron chi connectivity index (χ2n) is 7.69. The number of ether oxygens (including phenoxy) is 1. The summed E-state index contributed by atoms with van der Waals surface area (Å²) in [6, 6.07) is 5.49. The Hall–Kier alpha value is -3.36. The summed E-state index contributed by atoms with van der Waals surface area (Å²) in [7, 11) is 0. The van der Waals surface area contributed by atoms with E-state index >= 15 is 0 Å². The first-order valence-electron chi connectivity index (χ1n) is 10.7. The van der Waals surface area contributed by atoms with E-state index in [9.17, 15) is 24.3 Å². The number of carboxylic acid groups (broad SMARTS) is 1. The van der Waals surface area contributed by atoms with Gasteiger partial charge >= 0.3 is 11.6 Å². The molecule has 0 spiro atoms. The molecule has 174 valence electrons. The molecule has 0 saturated heterocycles. The van der Waals surface area contributed by atoms with E-state index in [0.717, 1.165) is 30.2 Å². The molecule has 0 bridgehead atoms. The third kappa shape index (κ3) is 7.11. The number of carboxylic acids is 1. The Bertz CT molecular complexity index is 1020. The molecule has 2 aromatic rings. The van der Waals surface area contributed by atoms with Crippen LogP contribution in [0, 0.1) is 5.92 Å². The van der Waals surface area contributed by atoms with Gasteiger partial charge in [-0.2, -0.15) is 0 Å².